The van der Waals surface area contributed by atoms with Crippen molar-refractivity contribution in [2.24, 2.45) is 5.92 Å². The van der Waals surface area contributed by atoms with Crippen molar-refractivity contribution in [1.82, 2.24) is 10.9 Å². The Kier molecular flexibility index (Phi) is 5.84. The Labute approximate surface area is 139 Å². The van der Waals surface area contributed by atoms with Gasteiger partial charge in [-0.2, -0.15) is 0 Å². The molecule has 2 rings (SSSR count). The van der Waals surface area contributed by atoms with Crippen LogP contribution in [0.5, 0.6) is 5.75 Å². The molecule has 1 aliphatic heterocycles. The highest BCUT2D eigenvalue weighted by Crippen LogP contribution is 2.21. The fourth-order valence-electron chi connectivity index (χ4n) is 2.20. The van der Waals surface area contributed by atoms with Gasteiger partial charge in [0.15, 0.2) is 16.4 Å². The van der Waals surface area contributed by atoms with Gasteiger partial charge in [-0.05, 0) is 36.6 Å². The summed E-state index contributed by atoms with van der Waals surface area (Å²) < 4.78 is 27.8. The number of hydrogen-bond acceptors (Lipinski definition) is 5. The zero-order valence-electron chi connectivity index (χ0n) is 12.2. The van der Waals surface area contributed by atoms with Gasteiger partial charge in [-0.25, -0.2) is 8.42 Å². The van der Waals surface area contributed by atoms with Gasteiger partial charge < -0.3 is 4.74 Å². The number of sulfone groups is 1. The topological polar surface area (TPSA) is 102 Å². The number of hydrogen-bond donors (Lipinski definition) is 2. The number of carbonyl (C=O) groups is 2. The van der Waals surface area contributed by atoms with E-state index in [1.54, 1.807) is 24.3 Å². The molecule has 0 spiro atoms. The second-order valence-electron chi connectivity index (χ2n) is 5.31. The molecule has 23 heavy (non-hydrogen) atoms. The Morgan fingerprint density at radius 2 is 1.83 bits per heavy atom. The van der Waals surface area contributed by atoms with Gasteiger partial charge in [0, 0.05) is 11.4 Å². The Balaban J connectivity index is 1.66. The van der Waals surface area contributed by atoms with Crippen LogP contribution in [0.1, 0.15) is 12.8 Å². The number of nitrogens with one attached hydrogen (secondary N) is 2. The normalized spacial score (nSPS) is 19.1. The first-order valence-electron chi connectivity index (χ1n) is 7.00. The third-order valence-corrected chi connectivity index (χ3v) is 5.41. The first-order valence-corrected chi connectivity index (χ1v) is 9.20. The summed E-state index contributed by atoms with van der Waals surface area (Å²) in [7, 11) is -3.01. The maximum absolute atomic E-state index is 11.7. The van der Waals surface area contributed by atoms with Crippen molar-refractivity contribution in [1.29, 1.82) is 0 Å². The van der Waals surface area contributed by atoms with Crippen LogP contribution < -0.4 is 15.6 Å². The molecular formula is C14H17ClN2O5S. The molecule has 0 aliphatic carbocycles. The van der Waals surface area contributed by atoms with Crippen LogP contribution in [0.2, 0.25) is 5.02 Å². The first-order chi connectivity index (χ1) is 10.8. The Hall–Kier alpha value is -1.80. The van der Waals surface area contributed by atoms with E-state index in [2.05, 4.69) is 10.9 Å². The first kappa shape index (κ1) is 17.6. The highest BCUT2D eigenvalue weighted by atomic mass is 35.5. The number of amides is 2. The van der Waals surface area contributed by atoms with Gasteiger partial charge >= 0.3 is 0 Å². The molecule has 1 unspecified atom stereocenters. The van der Waals surface area contributed by atoms with Crippen LogP contribution in [0.4, 0.5) is 0 Å². The molecule has 0 saturated carbocycles. The summed E-state index contributed by atoms with van der Waals surface area (Å²) in [6, 6.07) is 6.50. The maximum Gasteiger partial charge on any atom is 0.276 e. The average Bonchev–Trinajstić information content (AvgIpc) is 2.83. The molecule has 0 radical (unpaired) electrons. The van der Waals surface area contributed by atoms with E-state index in [9.17, 15) is 18.0 Å². The van der Waals surface area contributed by atoms with Gasteiger partial charge in [-0.3, -0.25) is 20.4 Å². The van der Waals surface area contributed by atoms with Crippen molar-refractivity contribution in [2.45, 2.75) is 12.8 Å². The summed E-state index contributed by atoms with van der Waals surface area (Å²) in [5.41, 5.74) is 4.47. The molecule has 1 fully saturated rings. The zero-order valence-corrected chi connectivity index (χ0v) is 13.8. The van der Waals surface area contributed by atoms with Crippen LogP contribution in [0, 0.1) is 5.92 Å². The molecule has 7 nitrogen and oxygen atoms in total. The lowest BCUT2D eigenvalue weighted by Gasteiger charge is -2.10. The zero-order chi connectivity index (χ0) is 16.9. The van der Waals surface area contributed by atoms with Crippen LogP contribution in [0.15, 0.2) is 24.3 Å². The molecule has 0 aromatic heterocycles. The lowest BCUT2D eigenvalue weighted by molar-refractivity contribution is -0.130. The summed E-state index contributed by atoms with van der Waals surface area (Å²) in [5, 5.41) is 0.558. The van der Waals surface area contributed by atoms with E-state index in [0.717, 1.165) is 0 Å². The van der Waals surface area contributed by atoms with Gasteiger partial charge in [-0.15, -0.1) is 0 Å². The number of ether oxygens (including phenoxy) is 1. The third-order valence-electron chi connectivity index (χ3n) is 3.33. The van der Waals surface area contributed by atoms with E-state index in [4.69, 9.17) is 16.3 Å². The van der Waals surface area contributed by atoms with Crippen LogP contribution in [0.25, 0.3) is 0 Å². The van der Waals surface area contributed by atoms with Crippen LogP contribution >= 0.6 is 11.6 Å². The molecule has 1 atom stereocenters. The largest absolute Gasteiger partial charge is 0.484 e. The van der Waals surface area contributed by atoms with E-state index < -0.39 is 21.7 Å². The molecule has 2 N–H and O–H groups in total. The number of carbonyl (C=O) groups excluding carboxylic acids is 2. The Morgan fingerprint density at radius 1 is 1.17 bits per heavy atom. The minimum Gasteiger partial charge on any atom is -0.484 e. The summed E-state index contributed by atoms with van der Waals surface area (Å²) in [6.45, 7) is -0.264. The SMILES string of the molecule is O=C(COc1ccc(Cl)cc1)NNC(=O)CC1CCS(=O)(=O)C1. The van der Waals surface area contributed by atoms with Gasteiger partial charge in [0.05, 0.1) is 11.5 Å². The molecule has 1 heterocycles. The second kappa shape index (κ2) is 7.65. The summed E-state index contributed by atoms with van der Waals surface area (Å²) in [6.07, 6.45) is 0.543. The fourth-order valence-corrected chi connectivity index (χ4v) is 4.19. The predicted molar refractivity (Wildman–Crippen MR) is 84.6 cm³/mol. The molecule has 0 bridgehead atoms. The fraction of sp³-hybridized carbons (Fsp3) is 0.429. The highest BCUT2D eigenvalue weighted by Gasteiger charge is 2.29. The molecule has 9 heteroatoms. The third kappa shape index (κ3) is 6.07. The number of rotatable bonds is 5. The lowest BCUT2D eigenvalue weighted by Crippen LogP contribution is -2.44. The van der Waals surface area contributed by atoms with E-state index >= 15 is 0 Å². The van der Waals surface area contributed by atoms with Gasteiger partial charge in [0.2, 0.25) is 5.91 Å². The molecule has 1 aliphatic rings. The summed E-state index contributed by atoms with van der Waals surface area (Å²) >= 11 is 5.73. The minimum absolute atomic E-state index is 0.0219. The van der Waals surface area contributed by atoms with E-state index in [1.165, 1.54) is 0 Å². The van der Waals surface area contributed by atoms with Crippen molar-refractivity contribution in [3.05, 3.63) is 29.3 Å². The maximum atomic E-state index is 11.7. The molecule has 2 amide bonds. The van der Waals surface area contributed by atoms with Crippen molar-refractivity contribution in [2.75, 3.05) is 18.1 Å². The van der Waals surface area contributed by atoms with E-state index in [-0.39, 0.29) is 30.5 Å². The van der Waals surface area contributed by atoms with Crippen LogP contribution in [-0.2, 0) is 19.4 Å². The van der Waals surface area contributed by atoms with Crippen molar-refractivity contribution < 1.29 is 22.7 Å². The second-order valence-corrected chi connectivity index (χ2v) is 7.98. The molecule has 1 aromatic carbocycles. The van der Waals surface area contributed by atoms with Gasteiger partial charge in [0.1, 0.15) is 5.75 Å². The van der Waals surface area contributed by atoms with E-state index in [1.807, 2.05) is 0 Å². The standard InChI is InChI=1S/C14H17ClN2O5S/c15-11-1-3-12(4-2-11)22-8-14(19)17-16-13(18)7-10-5-6-23(20,21)9-10/h1-4,10H,5-9H2,(H,16,18)(H,17,19). The Bertz CT molecular complexity index is 675. The molecule has 126 valence electrons. The highest BCUT2D eigenvalue weighted by molar-refractivity contribution is 7.91. The van der Waals surface area contributed by atoms with Crippen molar-refractivity contribution in [3.63, 3.8) is 0 Å². The predicted octanol–water partition coefficient (Wildman–Crippen LogP) is 0.691. The van der Waals surface area contributed by atoms with Crippen molar-refractivity contribution in [3.8, 4) is 5.75 Å². The van der Waals surface area contributed by atoms with Crippen LogP contribution in [0.3, 0.4) is 0 Å². The van der Waals surface area contributed by atoms with Gasteiger partial charge in [0.25, 0.3) is 5.91 Å². The average molecular weight is 361 g/mol. The molecule has 1 aromatic rings. The minimum atomic E-state index is -3.01. The summed E-state index contributed by atoms with van der Waals surface area (Å²) in [5.74, 6) is -0.520. The number of halogens is 1. The van der Waals surface area contributed by atoms with Gasteiger partial charge in [-0.1, -0.05) is 11.6 Å². The molecular weight excluding hydrogens is 344 g/mol. The Morgan fingerprint density at radius 3 is 2.43 bits per heavy atom. The quantitative estimate of drug-likeness (QED) is 0.752. The van der Waals surface area contributed by atoms with Crippen LogP contribution in [-0.4, -0.2) is 38.3 Å². The lowest BCUT2D eigenvalue weighted by atomic mass is 10.1. The smallest absolute Gasteiger partial charge is 0.276 e. The summed E-state index contributed by atoms with van der Waals surface area (Å²) in [4.78, 5) is 23.2. The van der Waals surface area contributed by atoms with Crippen molar-refractivity contribution >= 4 is 33.3 Å². The monoisotopic (exact) mass is 360 g/mol. The number of hydrazine groups is 1. The molecule has 1 saturated heterocycles. The number of benzene rings is 1. The van der Waals surface area contributed by atoms with E-state index in [0.29, 0.717) is 17.2 Å².